The first-order chi connectivity index (χ1) is 26.7. The maximum absolute atomic E-state index is 14.3. The fourth-order valence-corrected chi connectivity index (χ4v) is 6.17. The van der Waals surface area contributed by atoms with Gasteiger partial charge in [0.25, 0.3) is 10.0 Å². The average Bonchev–Trinajstić information content (AvgIpc) is 3.06. The van der Waals surface area contributed by atoms with Crippen LogP contribution in [-0.4, -0.2) is 78.8 Å². The fourth-order valence-electron chi connectivity index (χ4n) is 5.00. The second kappa shape index (κ2) is 19.1. The number of amides is 1. The molecule has 0 aliphatic carbocycles. The number of benzene rings is 2. The predicted octanol–water partition coefficient (Wildman–Crippen LogP) is 12.8. The molecule has 360 valence electrons. The monoisotopic (exact) mass is 940 g/mol. The molecule has 0 bridgehead atoms. The van der Waals surface area contributed by atoms with Crippen LogP contribution in [0.3, 0.4) is 0 Å². The van der Waals surface area contributed by atoms with E-state index in [0.717, 1.165) is 18.2 Å². The van der Waals surface area contributed by atoms with Gasteiger partial charge in [0.05, 0.1) is 6.42 Å². The molecule has 0 N–H and O–H groups in total. The first-order valence-corrected chi connectivity index (χ1v) is 19.9. The summed E-state index contributed by atoms with van der Waals surface area (Å²) in [5.74, 6) is -25.7. The van der Waals surface area contributed by atoms with E-state index in [1.807, 2.05) is 41.5 Å². The molecule has 0 heterocycles. The Bertz CT molecular complexity index is 1880. The summed E-state index contributed by atoms with van der Waals surface area (Å²) in [4.78, 5) is 12.7. The van der Waals surface area contributed by atoms with E-state index >= 15 is 0 Å². The Labute approximate surface area is 355 Å². The fraction of sp³-hybridized carbons (Fsp3) is 0.683. The van der Waals surface area contributed by atoms with Crippen molar-refractivity contribution in [3.63, 3.8) is 0 Å². The van der Waals surface area contributed by atoms with Gasteiger partial charge in [-0.05, 0) is 33.1 Å². The Balaban J connectivity index is 0.00000119. The summed E-state index contributed by atoms with van der Waals surface area (Å²) in [6, 6.07) is 13.0. The van der Waals surface area contributed by atoms with Crippen LogP contribution in [0.5, 0.6) is 0 Å². The van der Waals surface area contributed by atoms with Crippen LogP contribution >= 0.6 is 0 Å². The standard InChI is InChI=1S/C21H27F8NO2.C19H27F6NO2S.CH4/c1-13(2)19(24,25)21(28,29)32-20(26,27)18(22,23)11-16(31)30(6)12-14-7-9-15(10-8-14)17(3,4)5;1-15(2,3)14-10-8-13(9-11-14)12-26(7)29(27,28)19(24,25)18(22,23)17(20,21)16(4,5)6;/h7-10,13H,11-12H2,1-6H3;8-11H,12H2,1-7H3;1H4. The first kappa shape index (κ1) is 58.8. The highest BCUT2D eigenvalue weighted by molar-refractivity contribution is 7.90. The van der Waals surface area contributed by atoms with Crippen LogP contribution in [0.1, 0.15) is 112 Å². The summed E-state index contributed by atoms with van der Waals surface area (Å²) in [5, 5.41) is -6.02. The lowest BCUT2D eigenvalue weighted by Gasteiger charge is -2.40. The van der Waals surface area contributed by atoms with Crippen molar-refractivity contribution in [2.24, 2.45) is 11.3 Å². The van der Waals surface area contributed by atoms with E-state index in [0.29, 0.717) is 52.1 Å². The minimum atomic E-state index is -6.12. The number of sulfonamides is 1. The van der Waals surface area contributed by atoms with Crippen LogP contribution in [0.15, 0.2) is 48.5 Å². The van der Waals surface area contributed by atoms with Gasteiger partial charge < -0.3 is 4.90 Å². The third kappa shape index (κ3) is 12.7. The van der Waals surface area contributed by atoms with Crippen molar-refractivity contribution in [1.82, 2.24) is 9.21 Å². The molecule has 2 aromatic rings. The molecule has 0 saturated heterocycles. The topological polar surface area (TPSA) is 66.9 Å². The highest BCUT2D eigenvalue weighted by Gasteiger charge is 2.80. The minimum Gasteiger partial charge on any atom is -0.341 e. The van der Waals surface area contributed by atoms with E-state index in [1.165, 1.54) is 12.1 Å². The second-order valence-electron chi connectivity index (χ2n) is 18.1. The number of halogens is 14. The highest BCUT2D eigenvalue weighted by Crippen LogP contribution is 2.56. The normalized spacial score (nSPS) is 14.3. The zero-order valence-corrected chi connectivity index (χ0v) is 36.9. The van der Waals surface area contributed by atoms with Gasteiger partial charge in [-0.3, -0.25) is 4.79 Å². The Morgan fingerprint density at radius 2 is 0.952 bits per heavy atom. The molecule has 21 heteroatoms. The highest BCUT2D eigenvalue weighted by atomic mass is 32.2. The molecule has 0 saturated carbocycles. The van der Waals surface area contributed by atoms with Crippen LogP contribution in [0.2, 0.25) is 0 Å². The van der Waals surface area contributed by atoms with Gasteiger partial charge in [0, 0.05) is 38.5 Å². The molecule has 0 aliphatic rings. The molecule has 0 fully saturated rings. The molecule has 0 spiro atoms. The van der Waals surface area contributed by atoms with E-state index in [2.05, 4.69) is 4.74 Å². The Morgan fingerprint density at radius 1 is 0.597 bits per heavy atom. The van der Waals surface area contributed by atoms with Gasteiger partial charge >= 0.3 is 41.2 Å². The van der Waals surface area contributed by atoms with Gasteiger partial charge in [-0.1, -0.05) is 132 Å². The van der Waals surface area contributed by atoms with Gasteiger partial charge in [-0.25, -0.2) is 13.2 Å². The van der Waals surface area contributed by atoms with Crippen molar-refractivity contribution >= 4 is 15.9 Å². The average molecular weight is 941 g/mol. The lowest BCUT2D eigenvalue weighted by atomic mass is 9.84. The molecule has 6 nitrogen and oxygen atoms in total. The SMILES string of the molecule is C.CC(C)C(F)(F)C(F)(F)OC(F)(F)C(F)(F)CC(=O)N(C)Cc1ccc(C(C)(C)C)cc1.CN(Cc1ccc(C(C)(C)C)cc1)S(=O)(=O)C(F)(F)C(F)(F)C(F)(F)C(C)(C)C. The van der Waals surface area contributed by atoms with Gasteiger partial charge in [0.2, 0.25) is 5.91 Å². The van der Waals surface area contributed by atoms with Crippen molar-refractivity contribution in [3.05, 3.63) is 70.8 Å². The number of carbonyl (C=O) groups excluding carboxylic acids is 1. The zero-order chi connectivity index (χ0) is 48.6. The molecule has 0 unspecified atom stereocenters. The summed E-state index contributed by atoms with van der Waals surface area (Å²) in [7, 11) is -4.41. The van der Waals surface area contributed by atoms with Crippen LogP contribution in [0.25, 0.3) is 0 Å². The maximum Gasteiger partial charge on any atom is 0.427 e. The second-order valence-corrected chi connectivity index (χ2v) is 20.2. The zero-order valence-electron chi connectivity index (χ0n) is 36.0. The number of alkyl halides is 14. The number of rotatable bonds is 15. The first-order valence-electron chi connectivity index (χ1n) is 18.5. The lowest BCUT2D eigenvalue weighted by Crippen LogP contribution is -2.64. The minimum absolute atomic E-state index is 0. The molecule has 0 radical (unpaired) electrons. The van der Waals surface area contributed by atoms with E-state index in [9.17, 15) is 74.7 Å². The summed E-state index contributed by atoms with van der Waals surface area (Å²) in [6.07, 6.45) is -14.1. The molecule has 62 heavy (non-hydrogen) atoms. The number of nitrogens with zero attached hydrogens (tertiary/aromatic N) is 2. The van der Waals surface area contributed by atoms with Crippen molar-refractivity contribution in [1.29, 1.82) is 0 Å². The molecule has 0 aromatic heterocycles. The van der Waals surface area contributed by atoms with E-state index in [4.69, 9.17) is 0 Å². The summed E-state index contributed by atoms with van der Waals surface area (Å²) in [6.45, 7) is 13.8. The van der Waals surface area contributed by atoms with Gasteiger partial charge in [0.1, 0.15) is 0 Å². The number of carbonyl (C=O) groups is 1. The molecule has 2 rings (SSSR count). The molecule has 1 amide bonds. The lowest BCUT2D eigenvalue weighted by molar-refractivity contribution is -0.471. The summed E-state index contributed by atoms with van der Waals surface area (Å²) in [5.41, 5.74) is -0.399. The molecule has 0 aliphatic heterocycles. The summed E-state index contributed by atoms with van der Waals surface area (Å²) < 4.78 is 221. The molecule has 0 atom stereocenters. The van der Waals surface area contributed by atoms with Crippen molar-refractivity contribution in [2.75, 3.05) is 14.1 Å². The number of hydrogen-bond acceptors (Lipinski definition) is 4. The van der Waals surface area contributed by atoms with Gasteiger partial charge in [-0.2, -0.15) is 65.8 Å². The summed E-state index contributed by atoms with van der Waals surface area (Å²) >= 11 is 0. The van der Waals surface area contributed by atoms with Crippen LogP contribution in [0, 0.1) is 11.3 Å². The van der Waals surface area contributed by atoms with Crippen molar-refractivity contribution in [3.8, 4) is 0 Å². The third-order valence-electron chi connectivity index (χ3n) is 9.50. The smallest absolute Gasteiger partial charge is 0.341 e. The quantitative estimate of drug-likeness (QED) is 0.167. The van der Waals surface area contributed by atoms with Crippen molar-refractivity contribution < 1.29 is 79.4 Å². The third-order valence-corrected chi connectivity index (χ3v) is 11.3. The molecular weight excluding hydrogens is 883 g/mol. The van der Waals surface area contributed by atoms with Gasteiger partial charge in [0.15, 0.2) is 0 Å². The van der Waals surface area contributed by atoms with Crippen LogP contribution < -0.4 is 0 Å². The Hall–Kier alpha value is -3.20. The number of hydrogen-bond donors (Lipinski definition) is 0. The number of ether oxygens (including phenoxy) is 1. The van der Waals surface area contributed by atoms with E-state index < -0.39 is 81.4 Å². The van der Waals surface area contributed by atoms with Crippen LogP contribution in [-0.2, 0) is 43.5 Å². The Kier molecular flexibility index (Phi) is 18.1. The van der Waals surface area contributed by atoms with Crippen LogP contribution in [0.4, 0.5) is 61.5 Å². The maximum atomic E-state index is 14.3. The van der Waals surface area contributed by atoms with Gasteiger partial charge in [-0.15, -0.1) is 0 Å². The van der Waals surface area contributed by atoms with E-state index in [1.54, 1.807) is 36.4 Å². The predicted molar refractivity (Wildman–Crippen MR) is 208 cm³/mol. The largest absolute Gasteiger partial charge is 0.427 e. The van der Waals surface area contributed by atoms with Crippen molar-refractivity contribution in [2.45, 2.75) is 155 Å². The Morgan fingerprint density at radius 3 is 1.27 bits per heavy atom. The molecule has 2 aromatic carbocycles. The van der Waals surface area contributed by atoms with E-state index in [-0.39, 0.29) is 34.7 Å². The molecular formula is C41H58F14N2O4S.